The summed E-state index contributed by atoms with van der Waals surface area (Å²) in [4.78, 5) is 2.47. The molecule has 0 saturated carbocycles. The van der Waals surface area contributed by atoms with E-state index in [1.807, 2.05) is 0 Å². The average Bonchev–Trinajstić information content (AvgIpc) is 2.30. The van der Waals surface area contributed by atoms with Gasteiger partial charge in [-0.05, 0) is 72.1 Å². The van der Waals surface area contributed by atoms with E-state index in [1.54, 1.807) is 0 Å². The molecule has 2 nitrogen and oxygen atoms in total. The quantitative estimate of drug-likeness (QED) is 0.683. The van der Waals surface area contributed by atoms with Crippen LogP contribution in [-0.2, 0) is 0 Å². The third kappa shape index (κ3) is 4.06. The molecule has 2 aliphatic rings. The molecule has 0 aromatic heterocycles. The largest absolute Gasteiger partial charge is 0.317 e. The maximum Gasteiger partial charge on any atom is 0.0175 e. The highest BCUT2D eigenvalue weighted by Crippen LogP contribution is 2.30. The Hall–Kier alpha value is -0.0800. The Bertz CT molecular complexity index is 162. The molecule has 2 rings (SSSR count). The molecule has 16 heavy (non-hydrogen) atoms. The van der Waals surface area contributed by atoms with E-state index in [-0.39, 0.29) is 0 Å². The van der Waals surface area contributed by atoms with Crippen LogP contribution in [0.2, 0.25) is 0 Å². The van der Waals surface area contributed by atoms with Crippen LogP contribution in [-0.4, -0.2) is 37.1 Å². The Kier molecular flexibility index (Phi) is 5.77. The smallest absolute Gasteiger partial charge is 0.0175 e. The fraction of sp³-hybridized carbons (Fsp3) is 1.00. The van der Waals surface area contributed by atoms with Crippen molar-refractivity contribution in [2.45, 2.75) is 58.4 Å². The summed E-state index contributed by atoms with van der Waals surface area (Å²) in [6, 6.07) is 0. The highest BCUT2D eigenvalue weighted by atomic mass is 15.2. The SMILES string of the molecule is C1CCNCC1.CC1CCCN(C)C1(C)C. The van der Waals surface area contributed by atoms with Crippen LogP contribution in [0.25, 0.3) is 0 Å². The topological polar surface area (TPSA) is 15.3 Å². The molecule has 0 radical (unpaired) electrons. The molecule has 0 aromatic carbocycles. The molecule has 1 atom stereocenters. The van der Waals surface area contributed by atoms with Gasteiger partial charge < -0.3 is 10.2 Å². The Labute approximate surface area is 102 Å². The zero-order valence-electron chi connectivity index (χ0n) is 11.7. The average molecular weight is 226 g/mol. The highest BCUT2D eigenvalue weighted by Gasteiger charge is 2.32. The first-order valence-electron chi connectivity index (χ1n) is 6.97. The lowest BCUT2D eigenvalue weighted by Gasteiger charge is -2.44. The third-order valence-corrected chi connectivity index (χ3v) is 4.53. The summed E-state index contributed by atoms with van der Waals surface area (Å²) in [6.07, 6.45) is 6.99. The van der Waals surface area contributed by atoms with Crippen LogP contribution in [0.15, 0.2) is 0 Å². The Morgan fingerprint density at radius 3 is 2.00 bits per heavy atom. The number of nitrogens with zero attached hydrogens (tertiary/aromatic N) is 1. The fourth-order valence-electron chi connectivity index (χ4n) is 2.45. The van der Waals surface area contributed by atoms with Crippen LogP contribution in [0.4, 0.5) is 0 Å². The number of nitrogens with one attached hydrogen (secondary N) is 1. The Morgan fingerprint density at radius 1 is 1.06 bits per heavy atom. The van der Waals surface area contributed by atoms with Crippen molar-refractivity contribution in [1.82, 2.24) is 10.2 Å². The minimum Gasteiger partial charge on any atom is -0.317 e. The van der Waals surface area contributed by atoms with E-state index in [4.69, 9.17) is 0 Å². The van der Waals surface area contributed by atoms with Gasteiger partial charge in [-0.3, -0.25) is 0 Å². The summed E-state index contributed by atoms with van der Waals surface area (Å²) in [7, 11) is 2.23. The fourth-order valence-corrected chi connectivity index (χ4v) is 2.45. The summed E-state index contributed by atoms with van der Waals surface area (Å²) < 4.78 is 0. The van der Waals surface area contributed by atoms with Crippen LogP contribution in [0.1, 0.15) is 52.9 Å². The maximum atomic E-state index is 3.28. The molecule has 2 heteroatoms. The van der Waals surface area contributed by atoms with Crippen molar-refractivity contribution < 1.29 is 0 Å². The summed E-state index contributed by atoms with van der Waals surface area (Å²) in [5.74, 6) is 0.853. The third-order valence-electron chi connectivity index (χ3n) is 4.53. The Morgan fingerprint density at radius 2 is 1.69 bits per heavy atom. The van der Waals surface area contributed by atoms with E-state index in [0.29, 0.717) is 5.54 Å². The van der Waals surface area contributed by atoms with E-state index >= 15 is 0 Å². The lowest BCUT2D eigenvalue weighted by Crippen LogP contribution is -2.49. The maximum absolute atomic E-state index is 3.28. The van der Waals surface area contributed by atoms with Crippen molar-refractivity contribution in [1.29, 1.82) is 0 Å². The predicted molar refractivity (Wildman–Crippen MR) is 71.8 cm³/mol. The summed E-state index contributed by atoms with van der Waals surface area (Å²) in [5.41, 5.74) is 0.429. The number of rotatable bonds is 0. The molecule has 2 saturated heterocycles. The van der Waals surface area contributed by atoms with Crippen molar-refractivity contribution in [3.8, 4) is 0 Å². The highest BCUT2D eigenvalue weighted by molar-refractivity contribution is 4.88. The van der Waals surface area contributed by atoms with Crippen LogP contribution >= 0.6 is 0 Å². The van der Waals surface area contributed by atoms with Crippen LogP contribution in [0.3, 0.4) is 0 Å². The molecule has 0 aliphatic carbocycles. The van der Waals surface area contributed by atoms with Gasteiger partial charge in [0.2, 0.25) is 0 Å². The molecule has 2 heterocycles. The second kappa shape index (κ2) is 6.61. The zero-order valence-corrected chi connectivity index (χ0v) is 11.7. The normalized spacial score (nSPS) is 30.4. The summed E-state index contributed by atoms with van der Waals surface area (Å²) in [5, 5.41) is 3.28. The van der Waals surface area contributed by atoms with Crippen molar-refractivity contribution in [3.63, 3.8) is 0 Å². The van der Waals surface area contributed by atoms with Gasteiger partial charge >= 0.3 is 0 Å². The molecule has 0 spiro atoms. The van der Waals surface area contributed by atoms with Gasteiger partial charge in [0.15, 0.2) is 0 Å². The van der Waals surface area contributed by atoms with Crippen molar-refractivity contribution in [3.05, 3.63) is 0 Å². The summed E-state index contributed by atoms with van der Waals surface area (Å²) in [6.45, 7) is 10.8. The second-order valence-electron chi connectivity index (χ2n) is 5.93. The molecule has 0 amide bonds. The minimum atomic E-state index is 0.429. The molecule has 1 unspecified atom stereocenters. The van der Waals surface area contributed by atoms with Gasteiger partial charge in [0.05, 0.1) is 0 Å². The number of likely N-dealkylation sites (tertiary alicyclic amines) is 1. The van der Waals surface area contributed by atoms with E-state index in [9.17, 15) is 0 Å². The molecule has 96 valence electrons. The lowest BCUT2D eigenvalue weighted by molar-refractivity contribution is 0.0547. The van der Waals surface area contributed by atoms with Crippen molar-refractivity contribution >= 4 is 0 Å². The molecule has 1 N–H and O–H groups in total. The minimum absolute atomic E-state index is 0.429. The summed E-state index contributed by atoms with van der Waals surface area (Å²) >= 11 is 0. The molecule has 2 aliphatic heterocycles. The first kappa shape index (κ1) is 14.0. The van der Waals surface area contributed by atoms with Gasteiger partial charge in [-0.1, -0.05) is 13.3 Å². The monoisotopic (exact) mass is 226 g/mol. The number of hydrogen-bond donors (Lipinski definition) is 1. The van der Waals surface area contributed by atoms with Crippen molar-refractivity contribution in [2.24, 2.45) is 5.92 Å². The van der Waals surface area contributed by atoms with Gasteiger partial charge in [-0.25, -0.2) is 0 Å². The number of hydrogen-bond acceptors (Lipinski definition) is 2. The van der Waals surface area contributed by atoms with Gasteiger partial charge in [0, 0.05) is 5.54 Å². The first-order valence-corrected chi connectivity index (χ1v) is 6.97. The lowest BCUT2D eigenvalue weighted by atomic mass is 9.81. The molecular formula is C14H30N2. The van der Waals surface area contributed by atoms with Crippen LogP contribution in [0, 0.1) is 5.92 Å². The zero-order chi connectivity index (χ0) is 12.0. The number of piperidine rings is 2. The molecular weight excluding hydrogens is 196 g/mol. The van der Waals surface area contributed by atoms with Gasteiger partial charge in [-0.2, -0.15) is 0 Å². The van der Waals surface area contributed by atoms with Gasteiger partial charge in [0.1, 0.15) is 0 Å². The standard InChI is InChI=1S/C9H19N.C5H11N/c1-8-6-5-7-10(4)9(8,2)3;1-2-4-6-5-3-1/h8H,5-7H2,1-4H3;6H,1-5H2. The van der Waals surface area contributed by atoms with E-state index in [0.717, 1.165) is 5.92 Å². The van der Waals surface area contributed by atoms with Crippen molar-refractivity contribution in [2.75, 3.05) is 26.7 Å². The van der Waals surface area contributed by atoms with E-state index in [1.165, 1.54) is 51.7 Å². The molecule has 0 bridgehead atoms. The van der Waals surface area contributed by atoms with Gasteiger partial charge in [-0.15, -0.1) is 0 Å². The second-order valence-corrected chi connectivity index (χ2v) is 5.93. The van der Waals surface area contributed by atoms with E-state index < -0.39 is 0 Å². The van der Waals surface area contributed by atoms with Crippen LogP contribution < -0.4 is 5.32 Å². The Balaban J connectivity index is 0.000000181. The van der Waals surface area contributed by atoms with Gasteiger partial charge in [0.25, 0.3) is 0 Å². The first-order chi connectivity index (χ1) is 7.55. The molecule has 0 aromatic rings. The molecule has 2 fully saturated rings. The predicted octanol–water partition coefficient (Wildman–Crippen LogP) is 2.89. The van der Waals surface area contributed by atoms with Crippen LogP contribution in [0.5, 0.6) is 0 Å². The van der Waals surface area contributed by atoms with E-state index in [2.05, 4.69) is 38.0 Å².